The van der Waals surface area contributed by atoms with Crippen molar-refractivity contribution in [1.29, 1.82) is 0 Å². The van der Waals surface area contributed by atoms with Gasteiger partial charge in [0.25, 0.3) is 0 Å². The van der Waals surface area contributed by atoms with Gasteiger partial charge in [-0.15, -0.1) is 0 Å². The van der Waals surface area contributed by atoms with Crippen molar-refractivity contribution in [2.45, 2.75) is 26.2 Å². The van der Waals surface area contributed by atoms with E-state index in [9.17, 15) is 9.59 Å². The number of Topliss-reactive ketones (excluding diaryl/α,β-unsaturated/α-hetero) is 1. The number of esters is 1. The lowest BCUT2D eigenvalue weighted by Gasteiger charge is -2.20. The summed E-state index contributed by atoms with van der Waals surface area (Å²) in [4.78, 5) is 24.6. The normalized spacial score (nSPS) is 13.4. The number of hydrogen-bond acceptors (Lipinski definition) is 4. The summed E-state index contributed by atoms with van der Waals surface area (Å²) >= 11 is 0. The third-order valence-corrected chi connectivity index (χ3v) is 4.15. The van der Waals surface area contributed by atoms with Gasteiger partial charge in [0.2, 0.25) is 0 Å². The average molecular weight is 310 g/mol. The van der Waals surface area contributed by atoms with Crippen LogP contribution in [0, 0.1) is 6.92 Å². The third kappa shape index (κ3) is 2.97. The standard InChI is InChI=1S/C19H18O4/c1-12-6-11-17(18-15(12)4-3-5-16(18)20)23-19(21)13-7-9-14(22-2)10-8-13/h6-11H,3-5H2,1-2H3. The Morgan fingerprint density at radius 3 is 2.48 bits per heavy atom. The van der Waals surface area contributed by atoms with Gasteiger partial charge >= 0.3 is 5.97 Å². The number of rotatable bonds is 3. The molecule has 0 bridgehead atoms. The molecule has 1 aliphatic carbocycles. The van der Waals surface area contributed by atoms with E-state index >= 15 is 0 Å². The molecule has 0 aliphatic heterocycles. The summed E-state index contributed by atoms with van der Waals surface area (Å²) in [7, 11) is 1.57. The fourth-order valence-electron chi connectivity index (χ4n) is 2.88. The van der Waals surface area contributed by atoms with Crippen molar-refractivity contribution in [1.82, 2.24) is 0 Å². The fraction of sp³-hybridized carbons (Fsp3) is 0.263. The minimum absolute atomic E-state index is 0.0486. The summed E-state index contributed by atoms with van der Waals surface area (Å²) in [5, 5.41) is 0. The van der Waals surface area contributed by atoms with Crippen LogP contribution >= 0.6 is 0 Å². The maximum absolute atomic E-state index is 12.3. The highest BCUT2D eigenvalue weighted by Crippen LogP contribution is 2.32. The number of carbonyl (C=O) groups excluding carboxylic acids is 2. The van der Waals surface area contributed by atoms with Gasteiger partial charge in [-0.3, -0.25) is 4.79 Å². The summed E-state index contributed by atoms with van der Waals surface area (Å²) in [5.74, 6) is 0.602. The molecule has 0 saturated carbocycles. The Morgan fingerprint density at radius 1 is 1.04 bits per heavy atom. The van der Waals surface area contributed by atoms with E-state index in [2.05, 4.69) is 0 Å². The molecule has 23 heavy (non-hydrogen) atoms. The minimum Gasteiger partial charge on any atom is -0.497 e. The lowest BCUT2D eigenvalue weighted by Crippen LogP contribution is -2.17. The van der Waals surface area contributed by atoms with Crippen LogP contribution in [0.5, 0.6) is 11.5 Å². The Morgan fingerprint density at radius 2 is 1.78 bits per heavy atom. The maximum atomic E-state index is 12.3. The molecule has 1 aliphatic rings. The Bertz CT molecular complexity index is 760. The summed E-state index contributed by atoms with van der Waals surface area (Å²) in [6, 6.07) is 10.3. The van der Waals surface area contributed by atoms with Crippen LogP contribution in [0.3, 0.4) is 0 Å². The molecule has 3 rings (SSSR count). The molecule has 0 spiro atoms. The second-order valence-corrected chi connectivity index (χ2v) is 5.63. The Labute approximate surface area is 135 Å². The Kier molecular flexibility index (Phi) is 4.15. The van der Waals surface area contributed by atoms with Gasteiger partial charge in [-0.25, -0.2) is 4.79 Å². The van der Waals surface area contributed by atoms with E-state index in [0.717, 1.165) is 24.0 Å². The van der Waals surface area contributed by atoms with Gasteiger partial charge in [-0.2, -0.15) is 0 Å². The minimum atomic E-state index is -0.475. The second kappa shape index (κ2) is 6.24. The Balaban J connectivity index is 1.90. The molecule has 2 aromatic rings. The number of hydrogen-bond donors (Lipinski definition) is 0. The van der Waals surface area contributed by atoms with Crippen LogP contribution < -0.4 is 9.47 Å². The average Bonchev–Trinajstić information content (AvgIpc) is 2.57. The van der Waals surface area contributed by atoms with Gasteiger partial charge in [-0.1, -0.05) is 6.07 Å². The Hall–Kier alpha value is -2.62. The number of fused-ring (bicyclic) bond motifs is 1. The molecule has 0 unspecified atom stereocenters. The van der Waals surface area contributed by atoms with Crippen molar-refractivity contribution >= 4 is 11.8 Å². The first-order valence-corrected chi connectivity index (χ1v) is 7.62. The zero-order valence-electron chi connectivity index (χ0n) is 13.2. The lowest BCUT2D eigenvalue weighted by atomic mass is 9.87. The molecule has 118 valence electrons. The van der Waals surface area contributed by atoms with Crippen LogP contribution in [0.25, 0.3) is 0 Å². The lowest BCUT2D eigenvalue weighted by molar-refractivity contribution is 0.0732. The number of aryl methyl sites for hydroxylation is 1. The zero-order chi connectivity index (χ0) is 16.4. The van der Waals surface area contributed by atoms with Crippen molar-refractivity contribution in [2.24, 2.45) is 0 Å². The molecule has 4 nitrogen and oxygen atoms in total. The van der Waals surface area contributed by atoms with Crippen molar-refractivity contribution in [3.63, 3.8) is 0 Å². The first-order chi connectivity index (χ1) is 11.1. The molecule has 2 aromatic carbocycles. The van der Waals surface area contributed by atoms with Gasteiger partial charge in [0.1, 0.15) is 11.5 Å². The molecular formula is C19H18O4. The molecule has 0 N–H and O–H groups in total. The smallest absolute Gasteiger partial charge is 0.343 e. The topological polar surface area (TPSA) is 52.6 Å². The summed E-state index contributed by atoms with van der Waals surface area (Å²) in [5.41, 5.74) is 3.06. The SMILES string of the molecule is COc1ccc(C(=O)Oc2ccc(C)c3c2C(=O)CCC3)cc1. The van der Waals surface area contributed by atoms with E-state index in [-0.39, 0.29) is 5.78 Å². The van der Waals surface area contributed by atoms with E-state index in [1.807, 2.05) is 13.0 Å². The first-order valence-electron chi connectivity index (χ1n) is 7.62. The largest absolute Gasteiger partial charge is 0.497 e. The van der Waals surface area contributed by atoms with Gasteiger partial charge < -0.3 is 9.47 Å². The third-order valence-electron chi connectivity index (χ3n) is 4.15. The van der Waals surface area contributed by atoms with Crippen LogP contribution in [0.15, 0.2) is 36.4 Å². The van der Waals surface area contributed by atoms with Crippen LogP contribution in [0.4, 0.5) is 0 Å². The van der Waals surface area contributed by atoms with Crippen molar-refractivity contribution in [3.05, 3.63) is 58.7 Å². The molecule has 0 heterocycles. The zero-order valence-corrected chi connectivity index (χ0v) is 13.2. The summed E-state index contributed by atoms with van der Waals surface area (Å²) in [6.45, 7) is 1.98. The molecule has 0 amide bonds. The van der Waals surface area contributed by atoms with E-state index in [0.29, 0.717) is 29.0 Å². The van der Waals surface area contributed by atoms with Gasteiger partial charge in [-0.05, 0) is 61.2 Å². The second-order valence-electron chi connectivity index (χ2n) is 5.63. The van der Waals surface area contributed by atoms with E-state index in [1.54, 1.807) is 37.4 Å². The van der Waals surface area contributed by atoms with Gasteiger partial charge in [0, 0.05) is 6.42 Å². The van der Waals surface area contributed by atoms with Crippen LogP contribution in [0.1, 0.15) is 44.7 Å². The molecule has 0 atom stereocenters. The van der Waals surface area contributed by atoms with Crippen LogP contribution in [0.2, 0.25) is 0 Å². The highest BCUT2D eigenvalue weighted by molar-refractivity contribution is 6.02. The van der Waals surface area contributed by atoms with E-state index < -0.39 is 5.97 Å². The molecule has 0 radical (unpaired) electrons. The number of carbonyl (C=O) groups is 2. The van der Waals surface area contributed by atoms with E-state index in [4.69, 9.17) is 9.47 Å². The highest BCUT2D eigenvalue weighted by atomic mass is 16.5. The maximum Gasteiger partial charge on any atom is 0.343 e. The van der Waals surface area contributed by atoms with Crippen molar-refractivity contribution in [2.75, 3.05) is 7.11 Å². The molecular weight excluding hydrogens is 292 g/mol. The van der Waals surface area contributed by atoms with Crippen molar-refractivity contribution < 1.29 is 19.1 Å². The van der Waals surface area contributed by atoms with Gasteiger partial charge in [0.15, 0.2) is 5.78 Å². The fourth-order valence-corrected chi connectivity index (χ4v) is 2.88. The molecule has 4 heteroatoms. The molecule has 0 fully saturated rings. The summed E-state index contributed by atoms with van der Waals surface area (Å²) < 4.78 is 10.6. The predicted molar refractivity (Wildman–Crippen MR) is 86.4 cm³/mol. The van der Waals surface area contributed by atoms with Crippen molar-refractivity contribution in [3.8, 4) is 11.5 Å². The van der Waals surface area contributed by atoms with Crippen LogP contribution in [-0.4, -0.2) is 18.9 Å². The van der Waals surface area contributed by atoms with E-state index in [1.165, 1.54) is 0 Å². The number of ether oxygens (including phenoxy) is 2. The quantitative estimate of drug-likeness (QED) is 0.640. The molecule has 0 aromatic heterocycles. The molecule has 0 saturated heterocycles. The predicted octanol–water partition coefficient (Wildman–Crippen LogP) is 3.74. The first kappa shape index (κ1) is 15.3. The summed E-state index contributed by atoms with van der Waals surface area (Å²) in [6.07, 6.45) is 2.20. The van der Waals surface area contributed by atoms with Gasteiger partial charge in [0.05, 0.1) is 18.2 Å². The monoisotopic (exact) mass is 310 g/mol. The number of benzene rings is 2. The number of methoxy groups -OCH3 is 1. The number of ketones is 1. The highest BCUT2D eigenvalue weighted by Gasteiger charge is 2.24. The van der Waals surface area contributed by atoms with Crippen LogP contribution in [-0.2, 0) is 6.42 Å².